The highest BCUT2D eigenvalue weighted by Gasteiger charge is 2.41. The molecule has 146 valence electrons. The first-order valence-electron chi connectivity index (χ1n) is 7.39. The van der Waals surface area contributed by atoms with Gasteiger partial charge in [-0.15, -0.1) is 12.4 Å². The molecular weight excluding hydrogens is 377 g/mol. The SMILES string of the molecule is CCN(Cc1cccc(NC(=O)CNC(=O)CN)c1)C(=O)C(F)(F)F.Cl. The zero-order chi connectivity index (χ0) is 19.0. The Bertz CT molecular complexity index is 641. The van der Waals surface area contributed by atoms with Crippen molar-refractivity contribution in [2.75, 3.05) is 25.0 Å². The van der Waals surface area contributed by atoms with Crippen LogP contribution in [-0.2, 0) is 20.9 Å². The number of rotatable bonds is 7. The van der Waals surface area contributed by atoms with Gasteiger partial charge >= 0.3 is 12.1 Å². The molecule has 0 saturated carbocycles. The number of benzene rings is 1. The quantitative estimate of drug-likeness (QED) is 0.640. The van der Waals surface area contributed by atoms with Gasteiger partial charge in [0, 0.05) is 18.8 Å². The van der Waals surface area contributed by atoms with E-state index in [2.05, 4.69) is 10.6 Å². The van der Waals surface area contributed by atoms with Crippen LogP contribution in [0.3, 0.4) is 0 Å². The van der Waals surface area contributed by atoms with E-state index in [1.54, 1.807) is 0 Å². The Kier molecular flexibility index (Phi) is 9.66. The molecule has 1 aromatic rings. The van der Waals surface area contributed by atoms with E-state index >= 15 is 0 Å². The number of hydrogen-bond donors (Lipinski definition) is 3. The van der Waals surface area contributed by atoms with Crippen molar-refractivity contribution in [2.45, 2.75) is 19.6 Å². The molecule has 0 fully saturated rings. The third kappa shape index (κ3) is 7.70. The molecule has 26 heavy (non-hydrogen) atoms. The number of anilines is 1. The topological polar surface area (TPSA) is 105 Å². The summed E-state index contributed by atoms with van der Waals surface area (Å²) in [6, 6.07) is 6.07. The summed E-state index contributed by atoms with van der Waals surface area (Å²) in [5.74, 6) is -2.93. The van der Waals surface area contributed by atoms with Gasteiger partial charge in [-0.05, 0) is 24.6 Å². The molecule has 4 N–H and O–H groups in total. The number of hydrogen-bond acceptors (Lipinski definition) is 4. The minimum atomic E-state index is -4.94. The molecule has 1 rings (SSSR count). The fourth-order valence-corrected chi connectivity index (χ4v) is 1.93. The average Bonchev–Trinajstić information content (AvgIpc) is 2.56. The summed E-state index contributed by atoms with van der Waals surface area (Å²) in [5.41, 5.74) is 5.84. The Morgan fingerprint density at radius 2 is 1.85 bits per heavy atom. The molecule has 0 unspecified atom stereocenters. The van der Waals surface area contributed by atoms with Crippen molar-refractivity contribution in [2.24, 2.45) is 5.73 Å². The van der Waals surface area contributed by atoms with Crippen LogP contribution >= 0.6 is 12.4 Å². The van der Waals surface area contributed by atoms with E-state index < -0.39 is 23.9 Å². The van der Waals surface area contributed by atoms with Crippen LogP contribution in [0.15, 0.2) is 24.3 Å². The van der Waals surface area contributed by atoms with Crippen LogP contribution in [0, 0.1) is 0 Å². The van der Waals surface area contributed by atoms with Gasteiger partial charge in [-0.25, -0.2) is 0 Å². The molecule has 0 aliphatic rings. The van der Waals surface area contributed by atoms with Crippen molar-refractivity contribution >= 4 is 35.8 Å². The smallest absolute Gasteiger partial charge is 0.346 e. The summed E-state index contributed by atoms with van der Waals surface area (Å²) in [4.78, 5) is 34.6. The largest absolute Gasteiger partial charge is 0.471 e. The van der Waals surface area contributed by atoms with Crippen molar-refractivity contribution in [1.29, 1.82) is 0 Å². The molecule has 0 aliphatic carbocycles. The van der Waals surface area contributed by atoms with Crippen LogP contribution in [0.2, 0.25) is 0 Å². The molecule has 0 saturated heterocycles. The molecule has 0 heterocycles. The standard InChI is InChI=1S/C15H19F3N4O3.ClH/c1-2-22(14(25)15(16,17)18)9-10-4-3-5-11(6-10)21-13(24)8-20-12(23)7-19;/h3-6H,2,7-9,19H2,1H3,(H,20,23)(H,21,24);1H. The Hall–Kier alpha value is -2.33. The van der Waals surface area contributed by atoms with Crippen LogP contribution < -0.4 is 16.4 Å². The van der Waals surface area contributed by atoms with Gasteiger partial charge in [-0.1, -0.05) is 12.1 Å². The van der Waals surface area contributed by atoms with Gasteiger partial charge in [-0.2, -0.15) is 13.2 Å². The van der Waals surface area contributed by atoms with Crippen LogP contribution in [-0.4, -0.2) is 48.4 Å². The summed E-state index contributed by atoms with van der Waals surface area (Å²) < 4.78 is 37.6. The summed E-state index contributed by atoms with van der Waals surface area (Å²) >= 11 is 0. The maximum atomic E-state index is 12.5. The normalized spacial score (nSPS) is 10.5. The molecule has 0 aliphatic heterocycles. The van der Waals surface area contributed by atoms with Crippen LogP contribution in [0.4, 0.5) is 18.9 Å². The second kappa shape index (κ2) is 10.6. The number of carbonyl (C=O) groups is 3. The zero-order valence-electron chi connectivity index (χ0n) is 13.9. The highest BCUT2D eigenvalue weighted by Crippen LogP contribution is 2.20. The van der Waals surface area contributed by atoms with Gasteiger partial charge in [0.05, 0.1) is 13.1 Å². The second-order valence-electron chi connectivity index (χ2n) is 5.05. The first-order valence-corrected chi connectivity index (χ1v) is 7.39. The summed E-state index contributed by atoms with van der Waals surface area (Å²) in [6.07, 6.45) is -4.94. The van der Waals surface area contributed by atoms with Crippen LogP contribution in [0.5, 0.6) is 0 Å². The molecule has 0 radical (unpaired) electrons. The van der Waals surface area contributed by atoms with E-state index in [-0.39, 0.29) is 38.6 Å². The van der Waals surface area contributed by atoms with E-state index in [1.807, 2.05) is 0 Å². The average molecular weight is 397 g/mol. The van der Waals surface area contributed by atoms with Gasteiger partial charge in [0.1, 0.15) is 0 Å². The Labute approximate surface area is 154 Å². The number of nitrogens with one attached hydrogen (secondary N) is 2. The number of nitrogens with zero attached hydrogens (tertiary/aromatic N) is 1. The molecule has 7 nitrogen and oxygen atoms in total. The van der Waals surface area contributed by atoms with Crippen LogP contribution in [0.25, 0.3) is 0 Å². The lowest BCUT2D eigenvalue weighted by Crippen LogP contribution is -2.40. The predicted octanol–water partition coefficient (Wildman–Crippen LogP) is 1.03. The summed E-state index contributed by atoms with van der Waals surface area (Å²) in [7, 11) is 0. The van der Waals surface area contributed by atoms with E-state index in [4.69, 9.17) is 5.73 Å². The zero-order valence-corrected chi connectivity index (χ0v) is 14.7. The van der Waals surface area contributed by atoms with Gasteiger partial charge in [0.2, 0.25) is 11.8 Å². The molecule has 0 bridgehead atoms. The molecule has 1 aromatic carbocycles. The lowest BCUT2D eigenvalue weighted by Gasteiger charge is -2.22. The molecule has 0 atom stereocenters. The fraction of sp³-hybridized carbons (Fsp3) is 0.400. The minimum absolute atomic E-state index is 0. The Morgan fingerprint density at radius 3 is 2.38 bits per heavy atom. The number of carbonyl (C=O) groups excluding carboxylic acids is 3. The number of nitrogens with two attached hydrogens (primary N) is 1. The lowest BCUT2D eigenvalue weighted by atomic mass is 10.2. The number of alkyl halides is 3. The van der Waals surface area contributed by atoms with Gasteiger partial charge in [0.15, 0.2) is 0 Å². The maximum Gasteiger partial charge on any atom is 0.471 e. The molecule has 0 aromatic heterocycles. The Morgan fingerprint density at radius 1 is 1.19 bits per heavy atom. The molecular formula is C15H20ClF3N4O3. The lowest BCUT2D eigenvalue weighted by molar-refractivity contribution is -0.185. The Balaban J connectivity index is 0.00000625. The van der Waals surface area contributed by atoms with E-state index in [1.165, 1.54) is 31.2 Å². The third-order valence-corrected chi connectivity index (χ3v) is 3.13. The van der Waals surface area contributed by atoms with Crippen molar-refractivity contribution in [3.8, 4) is 0 Å². The fourth-order valence-electron chi connectivity index (χ4n) is 1.93. The van der Waals surface area contributed by atoms with Gasteiger partial charge < -0.3 is 21.3 Å². The van der Waals surface area contributed by atoms with E-state index in [9.17, 15) is 27.6 Å². The first-order chi connectivity index (χ1) is 11.7. The van der Waals surface area contributed by atoms with E-state index in [0.29, 0.717) is 16.2 Å². The van der Waals surface area contributed by atoms with Gasteiger partial charge in [0.25, 0.3) is 0 Å². The van der Waals surface area contributed by atoms with Crippen molar-refractivity contribution in [3.63, 3.8) is 0 Å². The van der Waals surface area contributed by atoms with Crippen molar-refractivity contribution in [3.05, 3.63) is 29.8 Å². The van der Waals surface area contributed by atoms with Gasteiger partial charge in [-0.3, -0.25) is 14.4 Å². The van der Waals surface area contributed by atoms with Crippen molar-refractivity contribution < 1.29 is 27.6 Å². The number of amides is 3. The summed E-state index contributed by atoms with van der Waals surface area (Å²) in [6.45, 7) is 0.550. The first kappa shape index (κ1) is 23.7. The molecule has 11 heteroatoms. The third-order valence-electron chi connectivity index (χ3n) is 3.13. The highest BCUT2D eigenvalue weighted by atomic mass is 35.5. The van der Waals surface area contributed by atoms with Crippen LogP contribution in [0.1, 0.15) is 12.5 Å². The summed E-state index contributed by atoms with van der Waals surface area (Å²) in [5, 5.41) is 4.78. The molecule has 3 amide bonds. The molecule has 0 spiro atoms. The second-order valence-corrected chi connectivity index (χ2v) is 5.05. The monoisotopic (exact) mass is 396 g/mol. The highest BCUT2D eigenvalue weighted by molar-refractivity contribution is 5.94. The van der Waals surface area contributed by atoms with Crippen molar-refractivity contribution in [1.82, 2.24) is 10.2 Å². The number of halogens is 4. The van der Waals surface area contributed by atoms with E-state index in [0.717, 1.165) is 0 Å². The maximum absolute atomic E-state index is 12.5. The predicted molar refractivity (Wildman–Crippen MR) is 91.5 cm³/mol. The minimum Gasteiger partial charge on any atom is -0.346 e.